The number of rotatable bonds is 1. The van der Waals surface area contributed by atoms with Crippen molar-refractivity contribution in [3.05, 3.63) is 28.8 Å². The molecule has 0 atom stereocenters. The minimum atomic E-state index is -1.85. The van der Waals surface area contributed by atoms with Crippen LogP contribution in [0.2, 0.25) is 0 Å². The molecule has 2 fully saturated rings. The van der Waals surface area contributed by atoms with Crippen LogP contribution in [0.25, 0.3) is 0 Å². The van der Waals surface area contributed by atoms with Crippen LogP contribution in [0.15, 0.2) is 0 Å². The van der Waals surface area contributed by atoms with E-state index in [0.717, 1.165) is 26.2 Å². The van der Waals surface area contributed by atoms with E-state index in [-0.39, 0.29) is 0 Å². The Balaban J connectivity index is 2.00. The average Bonchev–Trinajstić information content (AvgIpc) is 2.48. The molecule has 1 aromatic rings. The van der Waals surface area contributed by atoms with Gasteiger partial charge in [0.1, 0.15) is 0 Å². The summed E-state index contributed by atoms with van der Waals surface area (Å²) in [6.45, 7) is 1.10. The van der Waals surface area contributed by atoms with Crippen LogP contribution >= 0.6 is 0 Å². The molecule has 0 N–H and O–H groups in total. The van der Waals surface area contributed by atoms with Gasteiger partial charge in [0.25, 0.3) is 11.7 Å². The summed E-state index contributed by atoms with van der Waals surface area (Å²) in [5, 5.41) is 0. The van der Waals surface area contributed by atoms with Crippen molar-refractivity contribution in [2.24, 2.45) is 0 Å². The molecule has 1 saturated carbocycles. The lowest BCUT2D eigenvalue weighted by molar-refractivity contribution is -0.256. The van der Waals surface area contributed by atoms with Crippen molar-refractivity contribution in [1.82, 2.24) is 4.98 Å². The Morgan fingerprint density at radius 2 is 1.57 bits per heavy atom. The zero-order chi connectivity index (χ0) is 16.8. The highest BCUT2D eigenvalue weighted by Gasteiger charge is 2.51. The minimum absolute atomic E-state index is 0.359. The first-order valence-corrected chi connectivity index (χ1v) is 7.31. The first-order valence-electron chi connectivity index (χ1n) is 7.31. The number of esters is 2. The second-order valence-electron chi connectivity index (χ2n) is 5.79. The molecular weight excluding hydrogens is 315 g/mol. The van der Waals surface area contributed by atoms with E-state index in [0.29, 0.717) is 12.8 Å². The maximum atomic E-state index is 14.0. The Morgan fingerprint density at radius 1 is 1.00 bits per heavy atom. The van der Waals surface area contributed by atoms with Crippen LogP contribution in [0, 0.1) is 24.6 Å². The predicted molar refractivity (Wildman–Crippen MR) is 69.6 cm³/mol. The van der Waals surface area contributed by atoms with Crippen LogP contribution in [-0.2, 0) is 19.1 Å². The molecule has 2 aliphatic rings. The van der Waals surface area contributed by atoms with E-state index in [1.807, 2.05) is 0 Å². The third-order valence-corrected chi connectivity index (χ3v) is 4.28. The molecule has 0 radical (unpaired) electrons. The second-order valence-corrected chi connectivity index (χ2v) is 5.79. The van der Waals surface area contributed by atoms with Crippen LogP contribution in [0.3, 0.4) is 0 Å². The number of pyridine rings is 1. The van der Waals surface area contributed by atoms with Crippen LogP contribution in [0.1, 0.15) is 49.1 Å². The molecule has 1 aliphatic heterocycles. The first-order chi connectivity index (χ1) is 10.8. The molecule has 1 aromatic heterocycles. The Labute approximate surface area is 129 Å². The molecule has 124 valence electrons. The average molecular weight is 329 g/mol. The van der Waals surface area contributed by atoms with Gasteiger partial charge in [-0.15, -0.1) is 0 Å². The summed E-state index contributed by atoms with van der Waals surface area (Å²) in [5.74, 6) is -9.88. The molecule has 0 amide bonds. The summed E-state index contributed by atoms with van der Waals surface area (Å²) in [4.78, 5) is 27.3. The molecule has 23 heavy (non-hydrogen) atoms. The monoisotopic (exact) mass is 329 g/mol. The molecule has 0 bridgehead atoms. The van der Waals surface area contributed by atoms with Gasteiger partial charge in [0.05, 0.1) is 0 Å². The predicted octanol–water partition coefficient (Wildman–Crippen LogP) is 2.65. The van der Waals surface area contributed by atoms with Crippen LogP contribution in [0.4, 0.5) is 13.2 Å². The Morgan fingerprint density at radius 3 is 2.13 bits per heavy atom. The number of ether oxygens (including phenoxy) is 2. The van der Waals surface area contributed by atoms with Gasteiger partial charge in [0, 0.05) is 24.0 Å². The number of nitrogens with zero attached hydrogens (tertiary/aromatic N) is 1. The summed E-state index contributed by atoms with van der Waals surface area (Å²) in [7, 11) is 0. The van der Waals surface area contributed by atoms with E-state index in [1.165, 1.54) is 0 Å². The van der Waals surface area contributed by atoms with Gasteiger partial charge in [-0.3, -0.25) is 9.59 Å². The van der Waals surface area contributed by atoms with Crippen molar-refractivity contribution >= 4 is 11.9 Å². The Bertz CT molecular complexity index is 640. The lowest BCUT2D eigenvalue weighted by Crippen LogP contribution is -2.50. The summed E-state index contributed by atoms with van der Waals surface area (Å²) in [6.07, 6.45) is 3.08. The summed E-state index contributed by atoms with van der Waals surface area (Å²) in [6, 6.07) is 0. The van der Waals surface area contributed by atoms with Gasteiger partial charge in [0.15, 0.2) is 11.7 Å². The molecule has 1 saturated heterocycles. The van der Waals surface area contributed by atoms with Crippen molar-refractivity contribution < 1.29 is 32.2 Å². The SMILES string of the molecule is Cc1c(F)nc(F)c(F)c1C1C(=O)OC2(CCCCC2)OC1=O. The second kappa shape index (κ2) is 5.50. The molecule has 1 spiro atoms. The molecule has 1 aliphatic carbocycles. The lowest BCUT2D eigenvalue weighted by Gasteiger charge is -2.40. The highest BCUT2D eigenvalue weighted by atomic mass is 19.2. The summed E-state index contributed by atoms with van der Waals surface area (Å²) < 4.78 is 51.3. The normalized spacial score (nSPS) is 21.2. The number of halogens is 3. The van der Waals surface area contributed by atoms with Gasteiger partial charge in [-0.2, -0.15) is 13.8 Å². The van der Waals surface area contributed by atoms with Gasteiger partial charge in [-0.05, 0) is 19.8 Å². The maximum Gasteiger partial charge on any atom is 0.328 e. The number of carbonyl (C=O) groups excluding carboxylic acids is 2. The van der Waals surface area contributed by atoms with Gasteiger partial charge < -0.3 is 9.47 Å². The zero-order valence-electron chi connectivity index (χ0n) is 12.3. The van der Waals surface area contributed by atoms with Gasteiger partial charge in [-0.1, -0.05) is 6.42 Å². The highest BCUT2D eigenvalue weighted by Crippen LogP contribution is 2.40. The van der Waals surface area contributed by atoms with E-state index < -0.39 is 52.5 Å². The topological polar surface area (TPSA) is 65.5 Å². The fourth-order valence-electron chi connectivity index (χ4n) is 3.08. The third kappa shape index (κ3) is 2.55. The number of hydrogen-bond acceptors (Lipinski definition) is 5. The van der Waals surface area contributed by atoms with Crippen LogP contribution in [0.5, 0.6) is 0 Å². The fraction of sp³-hybridized carbons (Fsp3) is 0.533. The van der Waals surface area contributed by atoms with E-state index in [9.17, 15) is 22.8 Å². The smallest absolute Gasteiger partial charge is 0.328 e. The largest absolute Gasteiger partial charge is 0.422 e. The van der Waals surface area contributed by atoms with E-state index in [2.05, 4.69) is 4.98 Å². The van der Waals surface area contributed by atoms with Gasteiger partial charge in [0.2, 0.25) is 5.95 Å². The van der Waals surface area contributed by atoms with Crippen LogP contribution in [-0.4, -0.2) is 22.7 Å². The number of carbonyl (C=O) groups is 2. The maximum absolute atomic E-state index is 14.0. The summed E-state index contributed by atoms with van der Waals surface area (Å²) in [5.41, 5.74) is -1.15. The number of hydrogen-bond donors (Lipinski definition) is 0. The van der Waals surface area contributed by atoms with Crippen molar-refractivity contribution in [2.45, 2.75) is 50.7 Å². The summed E-state index contributed by atoms with van der Waals surface area (Å²) >= 11 is 0. The zero-order valence-corrected chi connectivity index (χ0v) is 12.3. The Hall–Kier alpha value is -2.12. The minimum Gasteiger partial charge on any atom is -0.422 e. The quantitative estimate of drug-likeness (QED) is 0.450. The molecule has 2 heterocycles. The standard InChI is InChI=1S/C15H14F3NO4/c1-7-8(10(16)12(18)19-11(7)17)9-13(20)22-15(23-14(9)21)5-3-2-4-6-15/h9H,2-6H2,1H3. The number of aromatic nitrogens is 1. The first kappa shape index (κ1) is 15.8. The van der Waals surface area contributed by atoms with E-state index in [1.54, 1.807) is 0 Å². The van der Waals surface area contributed by atoms with E-state index in [4.69, 9.17) is 9.47 Å². The van der Waals surface area contributed by atoms with Crippen molar-refractivity contribution in [3.63, 3.8) is 0 Å². The highest BCUT2D eigenvalue weighted by molar-refractivity contribution is 6.02. The molecule has 3 rings (SSSR count). The van der Waals surface area contributed by atoms with E-state index >= 15 is 0 Å². The molecule has 0 unspecified atom stereocenters. The van der Waals surface area contributed by atoms with Crippen molar-refractivity contribution in [3.8, 4) is 0 Å². The Kier molecular flexibility index (Phi) is 3.77. The van der Waals surface area contributed by atoms with Crippen molar-refractivity contribution in [2.75, 3.05) is 0 Å². The van der Waals surface area contributed by atoms with Crippen molar-refractivity contribution in [1.29, 1.82) is 0 Å². The molecule has 8 heteroatoms. The molecule has 0 aromatic carbocycles. The lowest BCUT2D eigenvalue weighted by atomic mass is 9.90. The van der Waals surface area contributed by atoms with Gasteiger partial charge in [-0.25, -0.2) is 4.39 Å². The fourth-order valence-corrected chi connectivity index (χ4v) is 3.08. The molecule has 5 nitrogen and oxygen atoms in total. The third-order valence-electron chi connectivity index (χ3n) is 4.28. The van der Waals surface area contributed by atoms with Crippen LogP contribution < -0.4 is 0 Å². The van der Waals surface area contributed by atoms with Gasteiger partial charge >= 0.3 is 11.9 Å². The molecular formula is C15H14F3NO4.